The summed E-state index contributed by atoms with van der Waals surface area (Å²) in [5.74, 6) is -0.474. The van der Waals surface area contributed by atoms with Crippen molar-refractivity contribution in [2.45, 2.75) is 52.9 Å². The molecule has 0 heterocycles. The van der Waals surface area contributed by atoms with E-state index < -0.39 is 0 Å². The van der Waals surface area contributed by atoms with Gasteiger partial charge < -0.3 is 5.32 Å². The Kier molecular flexibility index (Phi) is 8.28. The van der Waals surface area contributed by atoms with Crippen LogP contribution in [0.15, 0.2) is 0 Å². The minimum absolute atomic E-state index is 0.0127. The van der Waals surface area contributed by atoms with Crippen LogP contribution in [0.2, 0.25) is 0 Å². The maximum atomic E-state index is 11.2. The maximum absolute atomic E-state index is 11.2. The molecule has 0 saturated carbocycles. The Morgan fingerprint density at radius 2 is 1.65 bits per heavy atom. The van der Waals surface area contributed by atoms with Crippen LogP contribution in [0.1, 0.15) is 52.9 Å². The van der Waals surface area contributed by atoms with Crippen LogP contribution < -0.4 is 5.32 Å². The summed E-state index contributed by atoms with van der Waals surface area (Å²) in [5, 5.41) is 2.81. The fourth-order valence-corrected chi connectivity index (χ4v) is 1.34. The molecule has 1 amide bonds. The summed E-state index contributed by atoms with van der Waals surface area (Å²) in [6.45, 7) is 6.04. The van der Waals surface area contributed by atoms with Crippen LogP contribution in [-0.4, -0.2) is 24.0 Å². The van der Waals surface area contributed by atoms with Gasteiger partial charge in [-0.15, -0.1) is 0 Å². The lowest BCUT2D eigenvalue weighted by Crippen LogP contribution is -2.28. The van der Waals surface area contributed by atoms with Crippen molar-refractivity contribution in [3.05, 3.63) is 0 Å². The molecule has 4 nitrogen and oxygen atoms in total. The van der Waals surface area contributed by atoms with Crippen LogP contribution >= 0.6 is 0 Å². The number of nitrogens with one attached hydrogen (secondary N) is 1. The van der Waals surface area contributed by atoms with E-state index in [-0.39, 0.29) is 23.4 Å². The standard InChI is InChI=1S/C13H23NO3/c1-4-11(15)12(16)8-6-5-7-9-14-13(17)10(2)3/h10H,4-9H2,1-3H3,(H,14,17). The first-order valence-corrected chi connectivity index (χ1v) is 6.32. The van der Waals surface area contributed by atoms with Gasteiger partial charge in [-0.3, -0.25) is 14.4 Å². The molecule has 4 heteroatoms. The van der Waals surface area contributed by atoms with Crippen molar-refractivity contribution in [2.24, 2.45) is 5.92 Å². The number of ketones is 2. The van der Waals surface area contributed by atoms with Crippen molar-refractivity contribution in [3.63, 3.8) is 0 Å². The molecule has 0 aliphatic rings. The fourth-order valence-electron chi connectivity index (χ4n) is 1.34. The lowest BCUT2D eigenvalue weighted by atomic mass is 10.1. The van der Waals surface area contributed by atoms with E-state index in [4.69, 9.17) is 0 Å². The molecule has 0 unspecified atom stereocenters. The van der Waals surface area contributed by atoms with Gasteiger partial charge in [-0.2, -0.15) is 0 Å². The smallest absolute Gasteiger partial charge is 0.222 e. The number of amides is 1. The second kappa shape index (κ2) is 8.90. The fraction of sp³-hybridized carbons (Fsp3) is 0.769. The summed E-state index contributed by atoms with van der Waals surface area (Å²) >= 11 is 0. The van der Waals surface area contributed by atoms with Crippen molar-refractivity contribution in [2.75, 3.05) is 6.54 Å². The van der Waals surface area contributed by atoms with Gasteiger partial charge in [0.2, 0.25) is 5.91 Å². The third-order valence-corrected chi connectivity index (χ3v) is 2.54. The molecule has 0 bridgehead atoms. The summed E-state index contributed by atoms with van der Waals surface area (Å²) in [7, 11) is 0. The monoisotopic (exact) mass is 241 g/mol. The van der Waals surface area contributed by atoms with Gasteiger partial charge >= 0.3 is 0 Å². The number of rotatable bonds is 9. The number of carbonyl (C=O) groups excluding carboxylic acids is 3. The van der Waals surface area contributed by atoms with Crippen LogP contribution in [0.4, 0.5) is 0 Å². The van der Waals surface area contributed by atoms with Crippen molar-refractivity contribution in [3.8, 4) is 0 Å². The molecule has 0 spiro atoms. The SMILES string of the molecule is CCC(=O)C(=O)CCCCCNC(=O)C(C)C. The van der Waals surface area contributed by atoms with E-state index in [1.54, 1.807) is 6.92 Å². The first kappa shape index (κ1) is 15.8. The Balaban J connectivity index is 3.44. The Morgan fingerprint density at radius 1 is 1.00 bits per heavy atom. The molecule has 0 aromatic rings. The molecule has 0 aliphatic heterocycles. The van der Waals surface area contributed by atoms with Gasteiger partial charge in [-0.05, 0) is 12.8 Å². The summed E-state index contributed by atoms with van der Waals surface area (Å²) in [4.78, 5) is 33.4. The van der Waals surface area contributed by atoms with E-state index in [9.17, 15) is 14.4 Å². The van der Waals surface area contributed by atoms with Gasteiger partial charge in [0.1, 0.15) is 0 Å². The predicted molar refractivity (Wildman–Crippen MR) is 66.6 cm³/mol. The normalized spacial score (nSPS) is 10.4. The number of unbranched alkanes of at least 4 members (excludes halogenated alkanes) is 2. The molecule has 0 atom stereocenters. The van der Waals surface area contributed by atoms with Crippen LogP contribution in [0.5, 0.6) is 0 Å². The van der Waals surface area contributed by atoms with E-state index in [1.807, 2.05) is 13.8 Å². The third kappa shape index (κ3) is 7.66. The minimum Gasteiger partial charge on any atom is -0.356 e. The predicted octanol–water partition coefficient (Wildman–Crippen LogP) is 1.87. The van der Waals surface area contributed by atoms with Crippen molar-refractivity contribution in [1.29, 1.82) is 0 Å². The van der Waals surface area contributed by atoms with E-state index in [1.165, 1.54) is 0 Å². The molecule has 0 saturated heterocycles. The topological polar surface area (TPSA) is 63.2 Å². The number of Topliss-reactive ketones (excluding diaryl/α,β-unsaturated/α-hetero) is 2. The largest absolute Gasteiger partial charge is 0.356 e. The van der Waals surface area contributed by atoms with Gasteiger partial charge in [0.25, 0.3) is 0 Å². The van der Waals surface area contributed by atoms with Crippen LogP contribution in [-0.2, 0) is 14.4 Å². The lowest BCUT2D eigenvalue weighted by molar-refractivity contribution is -0.136. The first-order chi connectivity index (χ1) is 7.99. The van der Waals surface area contributed by atoms with E-state index in [0.29, 0.717) is 19.4 Å². The van der Waals surface area contributed by atoms with Crippen LogP contribution in [0.25, 0.3) is 0 Å². The average Bonchev–Trinajstić information content (AvgIpc) is 2.31. The second-order valence-corrected chi connectivity index (χ2v) is 4.46. The zero-order valence-electron chi connectivity index (χ0n) is 11.0. The molecule has 98 valence electrons. The highest BCUT2D eigenvalue weighted by Crippen LogP contribution is 2.02. The Hall–Kier alpha value is -1.19. The van der Waals surface area contributed by atoms with Gasteiger partial charge in [0, 0.05) is 25.3 Å². The molecule has 0 fully saturated rings. The Bertz CT molecular complexity index is 272. The molecule has 1 N–H and O–H groups in total. The van der Waals surface area contributed by atoms with Crippen molar-refractivity contribution in [1.82, 2.24) is 5.32 Å². The second-order valence-electron chi connectivity index (χ2n) is 4.46. The van der Waals surface area contributed by atoms with E-state index in [0.717, 1.165) is 19.3 Å². The zero-order chi connectivity index (χ0) is 13.3. The third-order valence-electron chi connectivity index (χ3n) is 2.54. The van der Waals surface area contributed by atoms with Crippen molar-refractivity contribution >= 4 is 17.5 Å². The molecule has 0 aliphatic carbocycles. The number of hydrogen-bond donors (Lipinski definition) is 1. The molecule has 0 aromatic carbocycles. The highest BCUT2D eigenvalue weighted by molar-refractivity contribution is 6.37. The summed E-state index contributed by atoms with van der Waals surface area (Å²) in [5.41, 5.74) is 0. The number of hydrogen-bond acceptors (Lipinski definition) is 3. The van der Waals surface area contributed by atoms with Crippen LogP contribution in [0.3, 0.4) is 0 Å². The molecule has 0 aromatic heterocycles. The van der Waals surface area contributed by atoms with Gasteiger partial charge in [-0.25, -0.2) is 0 Å². The Labute approximate surface area is 103 Å². The molecule has 17 heavy (non-hydrogen) atoms. The summed E-state index contributed by atoms with van der Waals surface area (Å²) < 4.78 is 0. The Morgan fingerprint density at radius 3 is 2.18 bits per heavy atom. The highest BCUT2D eigenvalue weighted by Gasteiger charge is 2.10. The lowest BCUT2D eigenvalue weighted by Gasteiger charge is -2.06. The van der Waals surface area contributed by atoms with Gasteiger partial charge in [0.15, 0.2) is 11.6 Å². The number of carbonyl (C=O) groups is 3. The van der Waals surface area contributed by atoms with E-state index >= 15 is 0 Å². The van der Waals surface area contributed by atoms with Gasteiger partial charge in [-0.1, -0.05) is 27.2 Å². The quantitative estimate of drug-likeness (QED) is 0.495. The minimum atomic E-state index is -0.280. The molecular weight excluding hydrogens is 218 g/mol. The average molecular weight is 241 g/mol. The summed E-state index contributed by atoms with van der Waals surface area (Å²) in [6, 6.07) is 0. The zero-order valence-corrected chi connectivity index (χ0v) is 11.0. The first-order valence-electron chi connectivity index (χ1n) is 6.32. The molecular formula is C13H23NO3. The highest BCUT2D eigenvalue weighted by atomic mass is 16.2. The van der Waals surface area contributed by atoms with Crippen LogP contribution in [0, 0.1) is 5.92 Å². The van der Waals surface area contributed by atoms with Gasteiger partial charge in [0.05, 0.1) is 0 Å². The molecule has 0 rings (SSSR count). The van der Waals surface area contributed by atoms with Crippen molar-refractivity contribution < 1.29 is 14.4 Å². The summed E-state index contributed by atoms with van der Waals surface area (Å²) in [6.07, 6.45) is 3.07. The van der Waals surface area contributed by atoms with E-state index in [2.05, 4.69) is 5.32 Å². The molecule has 0 radical (unpaired) electrons. The maximum Gasteiger partial charge on any atom is 0.222 e.